The predicted octanol–water partition coefficient (Wildman–Crippen LogP) is 3.81. The van der Waals surface area contributed by atoms with Crippen molar-refractivity contribution < 1.29 is 18.7 Å². The van der Waals surface area contributed by atoms with Crippen molar-refractivity contribution in [1.29, 1.82) is 0 Å². The maximum Gasteiger partial charge on any atom is 0.291 e. The highest BCUT2D eigenvalue weighted by molar-refractivity contribution is 6.30. The van der Waals surface area contributed by atoms with Crippen molar-refractivity contribution in [2.45, 2.75) is 19.1 Å². The van der Waals surface area contributed by atoms with Gasteiger partial charge in [-0.05, 0) is 53.6 Å². The normalized spacial score (nSPS) is 14.8. The lowest BCUT2D eigenvalue weighted by atomic mass is 10.1. The van der Waals surface area contributed by atoms with Crippen LogP contribution in [-0.4, -0.2) is 17.9 Å². The summed E-state index contributed by atoms with van der Waals surface area (Å²) in [6, 6.07) is 15.8. The molecule has 0 radical (unpaired) electrons. The quantitative estimate of drug-likeness (QED) is 0.687. The van der Waals surface area contributed by atoms with E-state index in [2.05, 4.69) is 10.6 Å². The molecule has 6 nitrogen and oxygen atoms in total. The summed E-state index contributed by atoms with van der Waals surface area (Å²) < 4.78 is 10.7. The summed E-state index contributed by atoms with van der Waals surface area (Å²) in [5.74, 6) is 0.447. The predicted molar refractivity (Wildman–Crippen MR) is 105 cm³/mol. The molecule has 142 valence electrons. The van der Waals surface area contributed by atoms with Crippen LogP contribution < -0.4 is 15.4 Å². The molecule has 0 bridgehead atoms. The maximum atomic E-state index is 12.4. The number of carbonyl (C=O) groups is 2. The van der Waals surface area contributed by atoms with E-state index in [0.29, 0.717) is 29.4 Å². The summed E-state index contributed by atoms with van der Waals surface area (Å²) in [6.45, 7) is 0.363. The number of nitrogens with one attached hydrogen (secondary N) is 2. The number of ether oxygens (including phenoxy) is 1. The number of furan rings is 1. The molecule has 0 fully saturated rings. The molecule has 0 aliphatic carbocycles. The summed E-state index contributed by atoms with van der Waals surface area (Å²) in [4.78, 5) is 24.3. The third kappa shape index (κ3) is 4.02. The molecule has 7 heteroatoms. The summed E-state index contributed by atoms with van der Waals surface area (Å²) in [5, 5.41) is 6.25. The van der Waals surface area contributed by atoms with E-state index < -0.39 is 6.10 Å². The van der Waals surface area contributed by atoms with E-state index in [0.717, 1.165) is 11.1 Å². The topological polar surface area (TPSA) is 80.6 Å². The van der Waals surface area contributed by atoms with Gasteiger partial charge in [-0.2, -0.15) is 0 Å². The van der Waals surface area contributed by atoms with Crippen molar-refractivity contribution in [3.8, 4) is 5.75 Å². The van der Waals surface area contributed by atoms with E-state index >= 15 is 0 Å². The van der Waals surface area contributed by atoms with Gasteiger partial charge in [-0.1, -0.05) is 23.7 Å². The Morgan fingerprint density at radius 2 is 1.93 bits per heavy atom. The van der Waals surface area contributed by atoms with Crippen LogP contribution in [-0.2, 0) is 17.8 Å². The Balaban J connectivity index is 1.29. The minimum absolute atomic E-state index is 0.178. The molecular formula is C21H17ClN2O4. The average molecular weight is 397 g/mol. The molecular weight excluding hydrogens is 380 g/mol. The number of hydrogen-bond donors (Lipinski definition) is 2. The molecule has 1 atom stereocenters. The maximum absolute atomic E-state index is 12.4. The Hall–Kier alpha value is -3.25. The minimum Gasteiger partial charge on any atom is -0.480 e. The number of fused-ring (bicyclic) bond motifs is 1. The van der Waals surface area contributed by atoms with Gasteiger partial charge in [0.1, 0.15) is 5.75 Å². The summed E-state index contributed by atoms with van der Waals surface area (Å²) in [6.07, 6.45) is 1.39. The Morgan fingerprint density at radius 1 is 1.11 bits per heavy atom. The average Bonchev–Trinajstić information content (AvgIpc) is 3.36. The highest BCUT2D eigenvalue weighted by Gasteiger charge is 2.28. The number of amides is 2. The molecule has 2 heterocycles. The highest BCUT2D eigenvalue weighted by Crippen LogP contribution is 2.31. The zero-order valence-corrected chi connectivity index (χ0v) is 15.5. The molecule has 0 spiro atoms. The molecule has 1 aromatic heterocycles. The van der Waals surface area contributed by atoms with E-state index in [1.54, 1.807) is 36.4 Å². The second-order valence-electron chi connectivity index (χ2n) is 6.41. The molecule has 0 saturated carbocycles. The van der Waals surface area contributed by atoms with Gasteiger partial charge in [0, 0.05) is 23.7 Å². The first-order valence-electron chi connectivity index (χ1n) is 8.75. The molecule has 2 amide bonds. The SMILES string of the molecule is O=C(Nc1ccc(CNC(=O)C2Cc3cc(Cl)ccc3O2)cc1)c1ccco1. The van der Waals surface area contributed by atoms with Gasteiger partial charge in [-0.25, -0.2) is 0 Å². The van der Waals surface area contributed by atoms with Crippen LogP contribution >= 0.6 is 11.6 Å². The van der Waals surface area contributed by atoms with Crippen LogP contribution in [0.2, 0.25) is 5.02 Å². The van der Waals surface area contributed by atoms with Crippen LogP contribution in [0.25, 0.3) is 0 Å². The number of carbonyl (C=O) groups excluding carboxylic acids is 2. The summed E-state index contributed by atoms with van der Waals surface area (Å²) in [7, 11) is 0. The fourth-order valence-electron chi connectivity index (χ4n) is 2.97. The van der Waals surface area contributed by atoms with Gasteiger partial charge in [-0.15, -0.1) is 0 Å². The van der Waals surface area contributed by atoms with Crippen LogP contribution in [0.1, 0.15) is 21.7 Å². The third-order valence-corrected chi connectivity index (χ3v) is 4.65. The first-order valence-corrected chi connectivity index (χ1v) is 9.13. The van der Waals surface area contributed by atoms with Crippen molar-refractivity contribution in [2.24, 2.45) is 0 Å². The van der Waals surface area contributed by atoms with E-state index in [4.69, 9.17) is 20.8 Å². The van der Waals surface area contributed by atoms with Crippen LogP contribution in [0, 0.1) is 0 Å². The van der Waals surface area contributed by atoms with Gasteiger partial charge in [0.05, 0.1) is 6.26 Å². The molecule has 0 saturated heterocycles. The lowest BCUT2D eigenvalue weighted by molar-refractivity contribution is -0.127. The van der Waals surface area contributed by atoms with Crippen LogP contribution in [0.3, 0.4) is 0 Å². The lowest BCUT2D eigenvalue weighted by Gasteiger charge is -2.12. The zero-order chi connectivity index (χ0) is 19.5. The highest BCUT2D eigenvalue weighted by atomic mass is 35.5. The molecule has 2 N–H and O–H groups in total. The van der Waals surface area contributed by atoms with Crippen LogP contribution in [0.4, 0.5) is 5.69 Å². The van der Waals surface area contributed by atoms with E-state index in [9.17, 15) is 9.59 Å². The molecule has 2 aromatic carbocycles. The molecule has 1 aliphatic rings. The largest absolute Gasteiger partial charge is 0.480 e. The summed E-state index contributed by atoms with van der Waals surface area (Å²) in [5.41, 5.74) is 2.48. The Morgan fingerprint density at radius 3 is 2.68 bits per heavy atom. The molecule has 1 unspecified atom stereocenters. The Kier molecular flexibility index (Phi) is 5.04. The number of anilines is 1. The van der Waals surface area contributed by atoms with Crippen LogP contribution in [0.5, 0.6) is 5.75 Å². The second kappa shape index (κ2) is 7.78. The first kappa shape index (κ1) is 18.1. The van der Waals surface area contributed by atoms with Gasteiger partial charge >= 0.3 is 0 Å². The Labute approximate surface area is 166 Å². The number of rotatable bonds is 5. The van der Waals surface area contributed by atoms with E-state index in [-0.39, 0.29) is 17.6 Å². The third-order valence-electron chi connectivity index (χ3n) is 4.41. The fourth-order valence-corrected chi connectivity index (χ4v) is 3.17. The van der Waals surface area contributed by atoms with E-state index in [1.165, 1.54) is 6.26 Å². The lowest BCUT2D eigenvalue weighted by Crippen LogP contribution is -2.37. The standard InChI is InChI=1S/C21H17ClN2O4/c22-15-5-8-17-14(10-15)11-19(28-17)20(25)23-12-13-3-6-16(7-4-13)24-21(26)18-2-1-9-27-18/h1-10,19H,11-12H2,(H,23,25)(H,24,26). The molecule has 4 rings (SSSR count). The fraction of sp³-hybridized carbons (Fsp3) is 0.143. The van der Waals surface area contributed by atoms with Gasteiger partial charge in [0.2, 0.25) is 0 Å². The van der Waals surface area contributed by atoms with Crippen LogP contribution in [0.15, 0.2) is 65.3 Å². The van der Waals surface area contributed by atoms with Gasteiger partial charge in [0.25, 0.3) is 11.8 Å². The van der Waals surface area contributed by atoms with Gasteiger partial charge in [0.15, 0.2) is 11.9 Å². The zero-order valence-electron chi connectivity index (χ0n) is 14.8. The van der Waals surface area contributed by atoms with Gasteiger partial charge < -0.3 is 19.8 Å². The Bertz CT molecular complexity index is 1000. The van der Waals surface area contributed by atoms with Crippen molar-refractivity contribution in [3.63, 3.8) is 0 Å². The summed E-state index contributed by atoms with van der Waals surface area (Å²) >= 11 is 5.98. The van der Waals surface area contributed by atoms with Crippen molar-refractivity contribution in [2.75, 3.05) is 5.32 Å². The van der Waals surface area contributed by atoms with Crippen molar-refractivity contribution in [1.82, 2.24) is 5.32 Å². The minimum atomic E-state index is -0.555. The van der Waals surface area contributed by atoms with E-state index in [1.807, 2.05) is 18.2 Å². The smallest absolute Gasteiger partial charge is 0.291 e. The number of hydrogen-bond acceptors (Lipinski definition) is 4. The second-order valence-corrected chi connectivity index (χ2v) is 6.85. The van der Waals surface area contributed by atoms with Crippen molar-refractivity contribution >= 4 is 29.1 Å². The van der Waals surface area contributed by atoms with Crippen molar-refractivity contribution in [3.05, 3.63) is 82.8 Å². The molecule has 3 aromatic rings. The first-order chi connectivity index (χ1) is 13.6. The molecule has 28 heavy (non-hydrogen) atoms. The van der Waals surface area contributed by atoms with Gasteiger partial charge in [-0.3, -0.25) is 9.59 Å². The number of halogens is 1. The number of benzene rings is 2. The molecule has 1 aliphatic heterocycles. The monoisotopic (exact) mass is 396 g/mol.